The predicted octanol–water partition coefficient (Wildman–Crippen LogP) is 5.61. The van der Waals surface area contributed by atoms with E-state index in [0.717, 1.165) is 30.2 Å². The van der Waals surface area contributed by atoms with Gasteiger partial charge in [-0.1, -0.05) is 66.2 Å². The predicted molar refractivity (Wildman–Crippen MR) is 140 cm³/mol. The van der Waals surface area contributed by atoms with Crippen LogP contribution in [-0.2, 0) is 19.4 Å². The molecule has 0 radical (unpaired) electrons. The number of para-hydroxylation sites is 1. The van der Waals surface area contributed by atoms with Crippen molar-refractivity contribution in [1.82, 2.24) is 0 Å². The van der Waals surface area contributed by atoms with Crippen LogP contribution < -0.4 is 5.32 Å². The fourth-order valence-electron chi connectivity index (χ4n) is 3.56. The Labute approximate surface area is 210 Å². The topological polar surface area (TPSA) is 89.5 Å². The summed E-state index contributed by atoms with van der Waals surface area (Å²) in [6, 6.07) is 19.9. The number of carbonyl (C=O) groups is 2. The monoisotopic (exact) mass is 511 g/mol. The Kier molecular flexibility index (Phi) is 8.48. The molecule has 3 rings (SSSR count). The molecule has 0 amide bonds. The fourth-order valence-corrected chi connectivity index (χ4v) is 4.73. The van der Waals surface area contributed by atoms with Crippen molar-refractivity contribution in [2.75, 3.05) is 18.7 Å². The van der Waals surface area contributed by atoms with Crippen LogP contribution in [0.5, 0.6) is 0 Å². The lowest BCUT2D eigenvalue weighted by molar-refractivity contribution is -0.140. The lowest BCUT2D eigenvalue weighted by atomic mass is 9.99. The van der Waals surface area contributed by atoms with Gasteiger partial charge >= 0.3 is 5.97 Å². The van der Waals surface area contributed by atoms with Crippen LogP contribution >= 0.6 is 11.6 Å². The Balaban J connectivity index is 1.80. The molecule has 6 nitrogen and oxygen atoms in total. The highest BCUT2D eigenvalue weighted by Crippen LogP contribution is 2.28. The molecule has 0 bridgehead atoms. The molecule has 182 valence electrons. The van der Waals surface area contributed by atoms with Crippen LogP contribution in [0.2, 0.25) is 5.02 Å². The van der Waals surface area contributed by atoms with Gasteiger partial charge in [-0.25, -0.2) is 8.42 Å². The van der Waals surface area contributed by atoms with Gasteiger partial charge in [0, 0.05) is 28.8 Å². The van der Waals surface area contributed by atoms with Gasteiger partial charge in [0.2, 0.25) is 0 Å². The highest BCUT2D eigenvalue weighted by molar-refractivity contribution is 7.92. The number of hydrogen-bond acceptors (Lipinski definition) is 6. The average Bonchev–Trinajstić information content (AvgIpc) is 2.81. The molecule has 0 heterocycles. The van der Waals surface area contributed by atoms with Crippen molar-refractivity contribution in [2.45, 2.75) is 18.6 Å². The van der Waals surface area contributed by atoms with Crippen molar-refractivity contribution in [1.29, 1.82) is 0 Å². The number of rotatable bonds is 9. The van der Waals surface area contributed by atoms with Gasteiger partial charge in [0.25, 0.3) is 0 Å². The second-order valence-electron chi connectivity index (χ2n) is 8.03. The normalized spacial score (nSPS) is 12.3. The summed E-state index contributed by atoms with van der Waals surface area (Å²) in [5.74, 6) is -0.937. The first kappa shape index (κ1) is 26.2. The number of esters is 1. The standard InChI is InChI=1S/C27H26ClNO5S/c1-18-9-4-6-12-21(18)26(30)22-16-15-20(17-23(22)28)29-24-13-7-5-10-19(24)11-8-14-25(27(31)34-2)35(3,32)33/h4-13,15-17,25,29H,14H2,1-3H3/b11-8-. The summed E-state index contributed by atoms with van der Waals surface area (Å²) < 4.78 is 28.4. The first-order valence-corrected chi connectivity index (χ1v) is 13.1. The van der Waals surface area contributed by atoms with Crippen LogP contribution in [0.15, 0.2) is 72.8 Å². The van der Waals surface area contributed by atoms with Gasteiger partial charge in [-0.15, -0.1) is 0 Å². The summed E-state index contributed by atoms with van der Waals surface area (Å²) in [4.78, 5) is 24.8. The molecule has 3 aromatic rings. The number of aryl methyl sites for hydroxylation is 1. The Morgan fingerprint density at radius 2 is 1.71 bits per heavy atom. The van der Waals surface area contributed by atoms with Gasteiger partial charge in [-0.3, -0.25) is 9.59 Å². The number of methoxy groups -OCH3 is 1. The van der Waals surface area contributed by atoms with E-state index >= 15 is 0 Å². The van der Waals surface area contributed by atoms with Gasteiger partial charge in [-0.05, 0) is 48.7 Å². The number of halogens is 1. The zero-order valence-corrected chi connectivity index (χ0v) is 21.2. The van der Waals surface area contributed by atoms with Crippen molar-refractivity contribution in [3.05, 3.63) is 100 Å². The fraction of sp³-hybridized carbons (Fsp3) is 0.185. The van der Waals surface area contributed by atoms with E-state index < -0.39 is 21.1 Å². The molecule has 0 fully saturated rings. The number of anilines is 2. The minimum absolute atomic E-state index is 0.0125. The molecule has 1 unspecified atom stereocenters. The van der Waals surface area contributed by atoms with Crippen molar-refractivity contribution >= 4 is 50.6 Å². The van der Waals surface area contributed by atoms with Crippen LogP contribution in [0.3, 0.4) is 0 Å². The zero-order valence-electron chi connectivity index (χ0n) is 19.6. The molecule has 0 aromatic heterocycles. The second-order valence-corrected chi connectivity index (χ2v) is 10.7. The molecule has 0 aliphatic heterocycles. The van der Waals surface area contributed by atoms with E-state index in [9.17, 15) is 18.0 Å². The molecule has 1 N–H and O–H groups in total. The Bertz CT molecular complexity index is 1380. The van der Waals surface area contributed by atoms with Gasteiger partial charge in [-0.2, -0.15) is 0 Å². The third-order valence-corrected chi connectivity index (χ3v) is 7.20. The maximum absolute atomic E-state index is 12.9. The van der Waals surface area contributed by atoms with Crippen molar-refractivity contribution in [3.8, 4) is 0 Å². The summed E-state index contributed by atoms with van der Waals surface area (Å²) in [5, 5.41) is 2.34. The molecular weight excluding hydrogens is 486 g/mol. The molecular formula is C27H26ClNO5S. The van der Waals surface area contributed by atoms with E-state index in [0.29, 0.717) is 21.8 Å². The molecule has 0 saturated carbocycles. The number of benzene rings is 3. The summed E-state index contributed by atoms with van der Waals surface area (Å²) in [7, 11) is -2.45. The van der Waals surface area contributed by atoms with Crippen molar-refractivity contribution < 1.29 is 22.7 Å². The molecule has 1 atom stereocenters. The molecule has 0 saturated heterocycles. The summed E-state index contributed by atoms with van der Waals surface area (Å²) in [5.41, 5.74) is 4.09. The SMILES string of the molecule is COC(=O)C(C/C=C\c1ccccc1Nc1ccc(C(=O)c2ccccc2C)c(Cl)c1)S(C)(=O)=O. The van der Waals surface area contributed by atoms with E-state index in [1.54, 1.807) is 36.4 Å². The summed E-state index contributed by atoms with van der Waals surface area (Å²) in [6.07, 6.45) is 4.36. The molecule has 0 aliphatic rings. The largest absolute Gasteiger partial charge is 0.468 e. The zero-order chi connectivity index (χ0) is 25.6. The number of sulfone groups is 1. The minimum Gasteiger partial charge on any atom is -0.468 e. The smallest absolute Gasteiger partial charge is 0.324 e. The minimum atomic E-state index is -3.61. The highest BCUT2D eigenvalue weighted by Gasteiger charge is 2.28. The van der Waals surface area contributed by atoms with Gasteiger partial charge in [0.05, 0.1) is 12.1 Å². The molecule has 3 aromatic carbocycles. The maximum Gasteiger partial charge on any atom is 0.324 e. The van der Waals surface area contributed by atoms with Gasteiger partial charge in [0.1, 0.15) is 0 Å². The molecule has 35 heavy (non-hydrogen) atoms. The number of carbonyl (C=O) groups excluding carboxylic acids is 2. The lowest BCUT2D eigenvalue weighted by Crippen LogP contribution is -2.30. The van der Waals surface area contributed by atoms with Crippen molar-refractivity contribution in [2.24, 2.45) is 0 Å². The number of ether oxygens (including phenoxy) is 1. The van der Waals surface area contributed by atoms with E-state index in [2.05, 4.69) is 10.1 Å². The van der Waals surface area contributed by atoms with Crippen LogP contribution in [-0.4, -0.2) is 38.8 Å². The number of ketones is 1. The lowest BCUT2D eigenvalue weighted by Gasteiger charge is -2.13. The number of nitrogens with one attached hydrogen (secondary N) is 1. The van der Waals surface area contributed by atoms with Gasteiger partial charge in [0.15, 0.2) is 20.9 Å². The van der Waals surface area contributed by atoms with Crippen molar-refractivity contribution in [3.63, 3.8) is 0 Å². The number of allylic oxidation sites excluding steroid dienone is 1. The summed E-state index contributed by atoms with van der Waals surface area (Å²) in [6.45, 7) is 1.88. The number of hydrogen-bond donors (Lipinski definition) is 1. The Morgan fingerprint density at radius 1 is 1.03 bits per heavy atom. The van der Waals surface area contributed by atoms with E-state index in [1.165, 1.54) is 0 Å². The van der Waals surface area contributed by atoms with Gasteiger partial charge < -0.3 is 10.1 Å². The third-order valence-electron chi connectivity index (χ3n) is 5.47. The molecule has 0 aliphatic carbocycles. The van der Waals surface area contributed by atoms with E-state index in [4.69, 9.17) is 11.6 Å². The third kappa shape index (κ3) is 6.59. The van der Waals surface area contributed by atoms with Crippen LogP contribution in [0.25, 0.3) is 6.08 Å². The van der Waals surface area contributed by atoms with E-state index in [-0.39, 0.29) is 12.2 Å². The summed E-state index contributed by atoms with van der Waals surface area (Å²) >= 11 is 6.46. The van der Waals surface area contributed by atoms with Crippen LogP contribution in [0, 0.1) is 6.92 Å². The molecule has 0 spiro atoms. The maximum atomic E-state index is 12.9. The van der Waals surface area contributed by atoms with Crippen LogP contribution in [0.4, 0.5) is 11.4 Å². The first-order chi connectivity index (χ1) is 16.6. The van der Waals surface area contributed by atoms with E-state index in [1.807, 2.05) is 49.4 Å². The first-order valence-electron chi connectivity index (χ1n) is 10.8. The Hall–Kier alpha value is -3.42. The highest BCUT2D eigenvalue weighted by atomic mass is 35.5. The Morgan fingerprint density at radius 3 is 2.37 bits per heavy atom. The van der Waals surface area contributed by atoms with Crippen LogP contribution in [0.1, 0.15) is 33.5 Å². The average molecular weight is 512 g/mol. The second kappa shape index (κ2) is 11.3. The quantitative estimate of drug-likeness (QED) is 0.296. The molecule has 8 heteroatoms.